The molecule has 156 valence electrons. The van der Waals surface area contributed by atoms with Crippen LogP contribution in [0.15, 0.2) is 54.6 Å². The molecule has 8 heteroatoms. The van der Waals surface area contributed by atoms with Gasteiger partial charge in [0.2, 0.25) is 0 Å². The van der Waals surface area contributed by atoms with Gasteiger partial charge in [-0.1, -0.05) is 36.4 Å². The number of carbonyl (C=O) groups excluding carboxylic acids is 2. The Balaban J connectivity index is 1.71. The molecule has 0 aliphatic heterocycles. The number of thiazole rings is 1. The van der Waals surface area contributed by atoms with Crippen LogP contribution >= 0.6 is 11.3 Å². The Morgan fingerprint density at radius 2 is 1.83 bits per heavy atom. The number of amides is 1. The lowest BCUT2D eigenvalue weighted by molar-refractivity contribution is -0.142. The fourth-order valence-electron chi connectivity index (χ4n) is 2.68. The maximum atomic E-state index is 12.3. The second kappa shape index (κ2) is 10.4. The molecular weight excluding hydrogens is 404 g/mol. The van der Waals surface area contributed by atoms with E-state index in [9.17, 15) is 9.59 Å². The summed E-state index contributed by atoms with van der Waals surface area (Å²) in [5.41, 5.74) is 1.51. The molecule has 1 amide bonds. The van der Waals surface area contributed by atoms with Crippen molar-refractivity contribution in [2.75, 3.05) is 25.6 Å². The van der Waals surface area contributed by atoms with Gasteiger partial charge in [0.15, 0.2) is 11.7 Å². The molecule has 1 heterocycles. The van der Waals surface area contributed by atoms with E-state index in [2.05, 4.69) is 10.3 Å². The SMILES string of the molecule is CCOC(=O)Cc1sc(NC(=O)COc2cccc(OC)c2)nc1-c1ccccc1. The zero-order valence-corrected chi connectivity index (χ0v) is 17.5. The molecule has 3 aromatic rings. The standard InChI is InChI=1S/C22H22N2O5S/c1-3-28-20(26)13-18-21(15-8-5-4-6-9-15)24-22(30-18)23-19(25)14-29-17-11-7-10-16(12-17)27-2/h4-12H,3,13-14H2,1-2H3,(H,23,24,25). The van der Waals surface area contributed by atoms with Gasteiger partial charge in [-0.25, -0.2) is 4.98 Å². The van der Waals surface area contributed by atoms with E-state index in [1.807, 2.05) is 30.3 Å². The number of anilines is 1. The van der Waals surface area contributed by atoms with Gasteiger partial charge in [0, 0.05) is 16.5 Å². The predicted octanol–water partition coefficient (Wildman–Crippen LogP) is 3.94. The highest BCUT2D eigenvalue weighted by molar-refractivity contribution is 7.16. The fourth-order valence-corrected chi connectivity index (χ4v) is 3.67. The number of benzene rings is 2. The number of rotatable bonds is 9. The number of nitrogens with one attached hydrogen (secondary N) is 1. The number of nitrogens with zero attached hydrogens (tertiary/aromatic N) is 1. The van der Waals surface area contributed by atoms with E-state index < -0.39 is 0 Å². The maximum Gasteiger partial charge on any atom is 0.311 e. The molecule has 2 aromatic carbocycles. The summed E-state index contributed by atoms with van der Waals surface area (Å²) < 4.78 is 15.7. The van der Waals surface area contributed by atoms with Gasteiger partial charge in [-0.05, 0) is 19.1 Å². The summed E-state index contributed by atoms with van der Waals surface area (Å²) in [6, 6.07) is 16.5. The van der Waals surface area contributed by atoms with Crippen molar-refractivity contribution in [3.05, 3.63) is 59.5 Å². The van der Waals surface area contributed by atoms with Crippen molar-refractivity contribution in [3.8, 4) is 22.8 Å². The minimum Gasteiger partial charge on any atom is -0.497 e. The molecule has 7 nitrogen and oxygen atoms in total. The van der Waals surface area contributed by atoms with Crippen LogP contribution in [0.4, 0.5) is 5.13 Å². The lowest BCUT2D eigenvalue weighted by Gasteiger charge is -2.07. The van der Waals surface area contributed by atoms with Gasteiger partial charge in [-0.2, -0.15) is 0 Å². The molecule has 1 aromatic heterocycles. The van der Waals surface area contributed by atoms with Crippen molar-refractivity contribution in [2.45, 2.75) is 13.3 Å². The number of esters is 1. The minimum atomic E-state index is -0.353. The number of aromatic nitrogens is 1. The Morgan fingerprint density at radius 1 is 1.07 bits per heavy atom. The first-order valence-corrected chi connectivity index (χ1v) is 10.2. The number of methoxy groups -OCH3 is 1. The summed E-state index contributed by atoms with van der Waals surface area (Å²) in [7, 11) is 1.56. The summed E-state index contributed by atoms with van der Waals surface area (Å²) in [6.45, 7) is 1.89. The Bertz CT molecular complexity index is 1000. The third-order valence-corrected chi connectivity index (χ3v) is 4.98. The topological polar surface area (TPSA) is 86.8 Å². The smallest absolute Gasteiger partial charge is 0.311 e. The average Bonchev–Trinajstić information content (AvgIpc) is 3.15. The molecular formula is C22H22N2O5S. The first-order valence-electron chi connectivity index (χ1n) is 9.36. The van der Waals surface area contributed by atoms with Gasteiger partial charge in [-0.3, -0.25) is 14.9 Å². The quantitative estimate of drug-likeness (QED) is 0.522. The molecule has 1 N–H and O–H groups in total. The fraction of sp³-hybridized carbons (Fsp3) is 0.227. The van der Waals surface area contributed by atoms with E-state index in [0.717, 1.165) is 10.4 Å². The Kier molecular flexibility index (Phi) is 7.40. The van der Waals surface area contributed by atoms with E-state index in [1.54, 1.807) is 38.3 Å². The van der Waals surface area contributed by atoms with Crippen molar-refractivity contribution in [1.82, 2.24) is 4.98 Å². The number of ether oxygens (including phenoxy) is 3. The van der Waals surface area contributed by atoms with Crippen LogP contribution in [0, 0.1) is 0 Å². The lowest BCUT2D eigenvalue weighted by atomic mass is 10.1. The Morgan fingerprint density at radius 3 is 2.57 bits per heavy atom. The van der Waals surface area contributed by atoms with Crippen LogP contribution in [-0.2, 0) is 20.7 Å². The van der Waals surface area contributed by atoms with Crippen LogP contribution in [0.5, 0.6) is 11.5 Å². The first-order chi connectivity index (χ1) is 14.6. The van der Waals surface area contributed by atoms with Crippen LogP contribution in [0.1, 0.15) is 11.8 Å². The third-order valence-electron chi connectivity index (χ3n) is 4.01. The van der Waals surface area contributed by atoms with Crippen LogP contribution in [-0.4, -0.2) is 37.2 Å². The largest absolute Gasteiger partial charge is 0.497 e. The highest BCUT2D eigenvalue weighted by Gasteiger charge is 2.18. The molecule has 30 heavy (non-hydrogen) atoms. The Labute approximate surface area is 178 Å². The summed E-state index contributed by atoms with van der Waals surface area (Å²) in [4.78, 5) is 29.6. The van der Waals surface area contributed by atoms with Gasteiger partial charge >= 0.3 is 5.97 Å². The molecule has 0 saturated carbocycles. The van der Waals surface area contributed by atoms with E-state index >= 15 is 0 Å². The van der Waals surface area contributed by atoms with Gasteiger partial charge in [0.05, 0.1) is 25.8 Å². The molecule has 0 saturated heterocycles. The van der Waals surface area contributed by atoms with Crippen molar-refractivity contribution < 1.29 is 23.8 Å². The molecule has 0 spiro atoms. The van der Waals surface area contributed by atoms with Gasteiger partial charge in [-0.15, -0.1) is 11.3 Å². The zero-order chi connectivity index (χ0) is 21.3. The van der Waals surface area contributed by atoms with E-state index in [0.29, 0.717) is 28.9 Å². The minimum absolute atomic E-state index is 0.0892. The third kappa shape index (κ3) is 5.81. The molecule has 0 aliphatic rings. The second-order valence-corrected chi connectivity index (χ2v) is 7.24. The Hall–Kier alpha value is -3.39. The van der Waals surface area contributed by atoms with E-state index in [-0.39, 0.29) is 24.9 Å². The molecule has 0 aliphatic carbocycles. The molecule has 0 unspecified atom stereocenters. The molecule has 3 rings (SSSR count). The maximum absolute atomic E-state index is 12.3. The highest BCUT2D eigenvalue weighted by Crippen LogP contribution is 2.31. The normalized spacial score (nSPS) is 10.3. The summed E-state index contributed by atoms with van der Waals surface area (Å²) >= 11 is 1.25. The molecule has 0 fully saturated rings. The monoisotopic (exact) mass is 426 g/mol. The summed E-state index contributed by atoms with van der Waals surface area (Å²) in [6.07, 6.45) is 0.0892. The van der Waals surface area contributed by atoms with Crippen molar-refractivity contribution in [3.63, 3.8) is 0 Å². The van der Waals surface area contributed by atoms with Gasteiger partial charge < -0.3 is 14.2 Å². The van der Waals surface area contributed by atoms with E-state index in [1.165, 1.54) is 11.3 Å². The van der Waals surface area contributed by atoms with Crippen molar-refractivity contribution in [1.29, 1.82) is 0 Å². The number of hydrogen-bond donors (Lipinski definition) is 1. The van der Waals surface area contributed by atoms with Crippen LogP contribution in [0.25, 0.3) is 11.3 Å². The second-order valence-electron chi connectivity index (χ2n) is 6.15. The molecule has 0 atom stereocenters. The van der Waals surface area contributed by atoms with Crippen LogP contribution in [0.2, 0.25) is 0 Å². The lowest BCUT2D eigenvalue weighted by Crippen LogP contribution is -2.20. The predicted molar refractivity (Wildman–Crippen MR) is 115 cm³/mol. The van der Waals surface area contributed by atoms with Crippen molar-refractivity contribution in [2.24, 2.45) is 0 Å². The van der Waals surface area contributed by atoms with Crippen molar-refractivity contribution >= 4 is 28.3 Å². The number of carbonyl (C=O) groups is 2. The highest BCUT2D eigenvalue weighted by atomic mass is 32.1. The summed E-state index contributed by atoms with van der Waals surface area (Å²) in [5.74, 6) is 0.479. The van der Waals surface area contributed by atoms with Gasteiger partial charge in [0.25, 0.3) is 5.91 Å². The zero-order valence-electron chi connectivity index (χ0n) is 16.7. The average molecular weight is 426 g/mol. The summed E-state index contributed by atoms with van der Waals surface area (Å²) in [5, 5.41) is 3.13. The van der Waals surface area contributed by atoms with Crippen LogP contribution in [0.3, 0.4) is 0 Å². The van der Waals surface area contributed by atoms with Crippen LogP contribution < -0.4 is 14.8 Å². The van der Waals surface area contributed by atoms with E-state index in [4.69, 9.17) is 14.2 Å². The first kappa shape index (κ1) is 21.3. The molecule has 0 radical (unpaired) electrons. The number of hydrogen-bond acceptors (Lipinski definition) is 7. The van der Waals surface area contributed by atoms with Gasteiger partial charge in [0.1, 0.15) is 11.5 Å². The molecule has 0 bridgehead atoms.